The van der Waals surface area contributed by atoms with E-state index >= 15 is 0 Å². The van der Waals surface area contributed by atoms with E-state index in [2.05, 4.69) is 10.3 Å². The van der Waals surface area contributed by atoms with Crippen molar-refractivity contribution in [2.24, 2.45) is 0 Å². The highest BCUT2D eigenvalue weighted by atomic mass is 19.1. The van der Waals surface area contributed by atoms with Crippen LogP contribution < -0.4 is 15.0 Å². The summed E-state index contributed by atoms with van der Waals surface area (Å²) < 4.78 is 18.7. The van der Waals surface area contributed by atoms with Crippen LogP contribution in [0.25, 0.3) is 0 Å². The molecule has 2 aromatic rings. The van der Waals surface area contributed by atoms with E-state index in [9.17, 15) is 4.39 Å². The molecule has 2 rings (SSSR count). The van der Waals surface area contributed by atoms with Crippen LogP contribution >= 0.6 is 0 Å². The van der Waals surface area contributed by atoms with Crippen molar-refractivity contribution < 1.29 is 9.13 Å². The summed E-state index contributed by atoms with van der Waals surface area (Å²) in [6.45, 7) is 1.98. The number of methoxy groups -OCH3 is 1. The molecule has 0 amide bonds. The van der Waals surface area contributed by atoms with Crippen molar-refractivity contribution in [3.05, 3.63) is 48.0 Å². The summed E-state index contributed by atoms with van der Waals surface area (Å²) in [4.78, 5) is 6.14. The zero-order valence-corrected chi connectivity index (χ0v) is 12.7. The largest absolute Gasteiger partial charge is 0.494 e. The highest BCUT2D eigenvalue weighted by Gasteiger charge is 2.12. The van der Waals surface area contributed by atoms with E-state index in [1.54, 1.807) is 18.5 Å². The molecule has 1 heterocycles. The topological polar surface area (TPSA) is 37.4 Å². The molecule has 0 bridgehead atoms. The quantitative estimate of drug-likeness (QED) is 0.914. The first-order valence-electron chi connectivity index (χ1n) is 6.74. The monoisotopic (exact) mass is 289 g/mol. The van der Waals surface area contributed by atoms with Crippen molar-refractivity contribution in [1.82, 2.24) is 4.98 Å². The summed E-state index contributed by atoms with van der Waals surface area (Å²) in [6.07, 6.45) is 3.52. The summed E-state index contributed by atoms with van der Waals surface area (Å²) in [6, 6.07) is 6.86. The van der Waals surface area contributed by atoms with Gasteiger partial charge in [-0.1, -0.05) is 6.07 Å². The van der Waals surface area contributed by atoms with Crippen molar-refractivity contribution in [2.45, 2.75) is 13.0 Å². The Morgan fingerprint density at radius 2 is 2.05 bits per heavy atom. The normalized spacial score (nSPS) is 11.9. The minimum atomic E-state index is -0.359. The van der Waals surface area contributed by atoms with E-state index in [1.807, 2.05) is 38.1 Å². The summed E-state index contributed by atoms with van der Waals surface area (Å²) in [5, 5.41) is 3.36. The van der Waals surface area contributed by atoms with Crippen LogP contribution in [0, 0.1) is 5.82 Å². The Labute approximate surface area is 124 Å². The van der Waals surface area contributed by atoms with Crippen molar-refractivity contribution in [3.8, 4) is 5.75 Å². The van der Waals surface area contributed by atoms with Crippen LogP contribution in [0.1, 0.15) is 18.5 Å². The first-order chi connectivity index (χ1) is 10.0. The number of anilines is 2. The van der Waals surface area contributed by atoms with Crippen molar-refractivity contribution in [2.75, 3.05) is 31.4 Å². The second kappa shape index (κ2) is 6.43. The first-order valence-corrected chi connectivity index (χ1v) is 6.74. The third-order valence-corrected chi connectivity index (χ3v) is 3.33. The van der Waals surface area contributed by atoms with E-state index in [-0.39, 0.29) is 17.6 Å². The van der Waals surface area contributed by atoms with Gasteiger partial charge in [-0.15, -0.1) is 0 Å². The minimum absolute atomic E-state index is 0.0479. The molecule has 0 spiro atoms. The molecule has 1 unspecified atom stereocenters. The molecular formula is C16H20FN3O. The lowest BCUT2D eigenvalue weighted by atomic mass is 10.1. The van der Waals surface area contributed by atoms with Gasteiger partial charge in [-0.2, -0.15) is 0 Å². The maximum Gasteiger partial charge on any atom is 0.165 e. The zero-order chi connectivity index (χ0) is 15.4. The van der Waals surface area contributed by atoms with Gasteiger partial charge < -0.3 is 15.0 Å². The average Bonchev–Trinajstić information content (AvgIpc) is 2.47. The molecule has 112 valence electrons. The fourth-order valence-electron chi connectivity index (χ4n) is 2.16. The van der Waals surface area contributed by atoms with Gasteiger partial charge in [0.1, 0.15) is 0 Å². The number of ether oxygens (including phenoxy) is 1. The lowest BCUT2D eigenvalue weighted by Crippen LogP contribution is -2.14. The fraction of sp³-hybridized carbons (Fsp3) is 0.312. The number of rotatable bonds is 5. The van der Waals surface area contributed by atoms with Crippen molar-refractivity contribution in [1.29, 1.82) is 0 Å². The van der Waals surface area contributed by atoms with E-state index in [0.717, 1.165) is 16.9 Å². The van der Waals surface area contributed by atoms with Gasteiger partial charge in [0.25, 0.3) is 0 Å². The predicted molar refractivity (Wildman–Crippen MR) is 83.6 cm³/mol. The third-order valence-electron chi connectivity index (χ3n) is 3.33. The number of nitrogens with zero attached hydrogens (tertiary/aromatic N) is 2. The Morgan fingerprint density at radius 3 is 2.67 bits per heavy atom. The Balaban J connectivity index is 2.22. The number of halogens is 1. The van der Waals surface area contributed by atoms with Crippen LogP contribution in [0.4, 0.5) is 15.8 Å². The summed E-state index contributed by atoms with van der Waals surface area (Å²) in [7, 11) is 5.40. The Kier molecular flexibility index (Phi) is 4.62. The molecule has 0 saturated heterocycles. The maximum absolute atomic E-state index is 13.8. The summed E-state index contributed by atoms with van der Waals surface area (Å²) >= 11 is 0. The standard InChI is InChI=1S/C16H20FN3O/c1-11(12-5-6-16(21-4)13(17)9-12)19-14-10-18-8-7-15(14)20(2)3/h5-11,19H,1-4H3. The van der Waals surface area contributed by atoms with Crippen LogP contribution in [-0.4, -0.2) is 26.2 Å². The molecular weight excluding hydrogens is 269 g/mol. The maximum atomic E-state index is 13.8. The fourth-order valence-corrected chi connectivity index (χ4v) is 2.16. The predicted octanol–water partition coefficient (Wildman–Crippen LogP) is 3.47. The summed E-state index contributed by atoms with van der Waals surface area (Å²) in [5.41, 5.74) is 2.79. The van der Waals surface area contributed by atoms with Gasteiger partial charge in [0.2, 0.25) is 0 Å². The van der Waals surface area contributed by atoms with Crippen molar-refractivity contribution in [3.63, 3.8) is 0 Å². The lowest BCUT2D eigenvalue weighted by molar-refractivity contribution is 0.386. The van der Waals surface area contributed by atoms with Gasteiger partial charge in [0.05, 0.1) is 24.7 Å². The lowest BCUT2D eigenvalue weighted by Gasteiger charge is -2.22. The molecule has 1 N–H and O–H groups in total. The molecule has 1 aromatic heterocycles. The summed E-state index contributed by atoms with van der Waals surface area (Å²) in [5.74, 6) is -0.107. The number of benzene rings is 1. The van der Waals surface area contributed by atoms with Crippen LogP contribution in [0.15, 0.2) is 36.7 Å². The Morgan fingerprint density at radius 1 is 1.29 bits per heavy atom. The SMILES string of the molecule is COc1ccc(C(C)Nc2cnccc2N(C)C)cc1F. The Bertz CT molecular complexity index is 616. The number of hydrogen-bond donors (Lipinski definition) is 1. The van der Waals surface area contributed by atoms with Gasteiger partial charge in [0, 0.05) is 26.3 Å². The molecule has 0 aliphatic carbocycles. The number of hydrogen-bond acceptors (Lipinski definition) is 4. The number of aromatic nitrogens is 1. The van der Waals surface area contributed by atoms with Crippen LogP contribution in [0.5, 0.6) is 5.75 Å². The molecule has 21 heavy (non-hydrogen) atoms. The van der Waals surface area contributed by atoms with E-state index in [4.69, 9.17) is 4.74 Å². The Hall–Kier alpha value is -2.30. The van der Waals surface area contributed by atoms with Crippen LogP contribution in [0.3, 0.4) is 0 Å². The molecule has 1 aromatic carbocycles. The van der Waals surface area contributed by atoms with Gasteiger partial charge >= 0.3 is 0 Å². The van der Waals surface area contributed by atoms with E-state index in [1.165, 1.54) is 13.2 Å². The van der Waals surface area contributed by atoms with E-state index < -0.39 is 0 Å². The zero-order valence-electron chi connectivity index (χ0n) is 12.7. The molecule has 0 aliphatic rings. The van der Waals surface area contributed by atoms with Crippen LogP contribution in [-0.2, 0) is 0 Å². The highest BCUT2D eigenvalue weighted by molar-refractivity contribution is 5.68. The van der Waals surface area contributed by atoms with Crippen molar-refractivity contribution >= 4 is 11.4 Å². The smallest absolute Gasteiger partial charge is 0.165 e. The second-order valence-electron chi connectivity index (χ2n) is 5.05. The third kappa shape index (κ3) is 3.42. The van der Waals surface area contributed by atoms with Gasteiger partial charge in [-0.05, 0) is 30.7 Å². The molecule has 5 heteroatoms. The number of pyridine rings is 1. The average molecular weight is 289 g/mol. The molecule has 0 fully saturated rings. The molecule has 0 aliphatic heterocycles. The van der Waals surface area contributed by atoms with E-state index in [0.29, 0.717) is 0 Å². The van der Waals surface area contributed by atoms with Crippen LogP contribution in [0.2, 0.25) is 0 Å². The highest BCUT2D eigenvalue weighted by Crippen LogP contribution is 2.28. The van der Waals surface area contributed by atoms with Gasteiger partial charge in [-0.3, -0.25) is 4.98 Å². The van der Waals surface area contributed by atoms with Gasteiger partial charge in [0.15, 0.2) is 11.6 Å². The van der Waals surface area contributed by atoms with Gasteiger partial charge in [-0.25, -0.2) is 4.39 Å². The first kappa shape index (κ1) is 15.1. The second-order valence-corrected chi connectivity index (χ2v) is 5.05. The molecule has 0 radical (unpaired) electrons. The minimum Gasteiger partial charge on any atom is -0.494 e. The molecule has 0 saturated carbocycles. The molecule has 4 nitrogen and oxygen atoms in total. The molecule has 1 atom stereocenters. The number of nitrogens with one attached hydrogen (secondary N) is 1.